The Hall–Kier alpha value is -2.18. The van der Waals surface area contributed by atoms with Crippen molar-refractivity contribution in [2.45, 2.75) is 0 Å². The molecule has 0 N–H and O–H groups in total. The fraction of sp³-hybridized carbons (Fsp3) is 0.100. The summed E-state index contributed by atoms with van der Waals surface area (Å²) in [4.78, 5) is 2.16. The zero-order valence-electron chi connectivity index (χ0n) is 13.2. The van der Waals surface area contributed by atoms with Crippen molar-refractivity contribution in [1.82, 2.24) is 0 Å². The fourth-order valence-electron chi connectivity index (χ4n) is 2.89. The quantitative estimate of drug-likeness (QED) is 0.507. The zero-order valence-corrected chi connectivity index (χ0v) is 15.1. The first kappa shape index (κ1) is 14.4. The van der Waals surface area contributed by atoms with Crippen LogP contribution >= 0.6 is 0 Å². The Morgan fingerprint density at radius 1 is 0.739 bits per heavy atom. The van der Waals surface area contributed by atoms with Gasteiger partial charge in [-0.25, -0.2) is 0 Å². The van der Waals surface area contributed by atoms with Crippen LogP contribution in [-0.2, 0) is 0 Å². The Labute approximate surface area is 141 Å². The summed E-state index contributed by atoms with van der Waals surface area (Å²) in [7, 11) is 4.18. The summed E-state index contributed by atoms with van der Waals surface area (Å²) >= 11 is -1.59. The molecule has 0 aliphatic carbocycles. The van der Waals surface area contributed by atoms with Crippen LogP contribution in [-0.4, -0.2) is 28.7 Å². The predicted octanol–water partition coefficient (Wildman–Crippen LogP) is 2.37. The molecule has 2 nitrogen and oxygen atoms in total. The van der Waals surface area contributed by atoms with Gasteiger partial charge in [0.2, 0.25) is 0 Å². The van der Waals surface area contributed by atoms with Crippen LogP contribution in [0.3, 0.4) is 0 Å². The van der Waals surface area contributed by atoms with Gasteiger partial charge in [0.15, 0.2) is 0 Å². The van der Waals surface area contributed by atoms with Gasteiger partial charge in [-0.15, -0.1) is 0 Å². The van der Waals surface area contributed by atoms with Gasteiger partial charge in [0.25, 0.3) is 0 Å². The molecular formula is C20H18AsNO. The van der Waals surface area contributed by atoms with Gasteiger partial charge in [0.05, 0.1) is 0 Å². The second-order valence-corrected chi connectivity index (χ2v) is 10.3. The molecule has 3 heteroatoms. The van der Waals surface area contributed by atoms with Crippen LogP contribution in [0, 0.1) is 0 Å². The van der Waals surface area contributed by atoms with E-state index in [1.807, 2.05) is 0 Å². The van der Waals surface area contributed by atoms with Crippen molar-refractivity contribution in [2.75, 3.05) is 19.0 Å². The van der Waals surface area contributed by atoms with E-state index >= 15 is 0 Å². The minimum atomic E-state index is -1.59. The van der Waals surface area contributed by atoms with Crippen LogP contribution in [0.1, 0.15) is 0 Å². The molecule has 3 aromatic rings. The van der Waals surface area contributed by atoms with E-state index in [4.69, 9.17) is 4.74 Å². The maximum absolute atomic E-state index is 6.13. The third kappa shape index (κ3) is 2.54. The predicted molar refractivity (Wildman–Crippen MR) is 98.4 cm³/mol. The normalized spacial score (nSPS) is 13.0. The molecule has 0 bridgehead atoms. The van der Waals surface area contributed by atoms with Crippen LogP contribution in [0.15, 0.2) is 72.8 Å². The van der Waals surface area contributed by atoms with Crippen molar-refractivity contribution in [3.8, 4) is 11.5 Å². The van der Waals surface area contributed by atoms with E-state index in [1.54, 1.807) is 0 Å². The van der Waals surface area contributed by atoms with Crippen LogP contribution in [0.25, 0.3) is 0 Å². The molecule has 3 aromatic carbocycles. The molecule has 0 amide bonds. The van der Waals surface area contributed by atoms with Crippen LogP contribution in [0.2, 0.25) is 0 Å². The monoisotopic (exact) mass is 363 g/mol. The number of para-hydroxylation sites is 2. The molecule has 0 fully saturated rings. The van der Waals surface area contributed by atoms with E-state index in [2.05, 4.69) is 91.8 Å². The van der Waals surface area contributed by atoms with Crippen molar-refractivity contribution in [2.24, 2.45) is 0 Å². The molecule has 0 radical (unpaired) electrons. The first-order valence-corrected chi connectivity index (χ1v) is 10.5. The average molecular weight is 363 g/mol. The fourth-order valence-corrected chi connectivity index (χ4v) is 8.06. The van der Waals surface area contributed by atoms with Crippen molar-refractivity contribution < 1.29 is 4.74 Å². The van der Waals surface area contributed by atoms with E-state index < -0.39 is 14.7 Å². The molecule has 0 spiro atoms. The van der Waals surface area contributed by atoms with Crippen molar-refractivity contribution in [3.63, 3.8) is 0 Å². The van der Waals surface area contributed by atoms with Gasteiger partial charge in [0, 0.05) is 0 Å². The van der Waals surface area contributed by atoms with Gasteiger partial charge < -0.3 is 0 Å². The zero-order chi connectivity index (χ0) is 15.8. The second-order valence-electron chi connectivity index (χ2n) is 5.79. The van der Waals surface area contributed by atoms with Crippen LogP contribution < -0.4 is 22.7 Å². The molecule has 1 aliphatic rings. The Balaban J connectivity index is 1.93. The summed E-state index contributed by atoms with van der Waals surface area (Å²) in [6.45, 7) is 0. The number of rotatable bonds is 2. The number of ether oxygens (including phenoxy) is 1. The summed E-state index contributed by atoms with van der Waals surface area (Å²) in [5, 5.41) is 0. The van der Waals surface area contributed by atoms with E-state index in [0.717, 1.165) is 11.5 Å². The number of hydrogen-bond acceptors (Lipinski definition) is 2. The first-order chi connectivity index (χ1) is 11.2. The first-order valence-electron chi connectivity index (χ1n) is 7.67. The van der Waals surface area contributed by atoms with Crippen LogP contribution in [0.5, 0.6) is 11.5 Å². The number of hydrogen-bond donors (Lipinski definition) is 0. The summed E-state index contributed by atoms with van der Waals surface area (Å²) in [5.41, 5.74) is 1.25. The minimum absolute atomic E-state index is 1.02. The van der Waals surface area contributed by atoms with Crippen molar-refractivity contribution >= 4 is 33.4 Å². The maximum atomic E-state index is 6.13. The summed E-state index contributed by atoms with van der Waals surface area (Å²) < 4.78 is 10.3. The molecule has 1 aliphatic heterocycles. The standard InChI is InChI=1S/C20H18AsNO/c1-22(2)16-9-7-8-15(14-16)21-17-10-3-5-12-19(17)23-20-13-6-4-11-18(20)21/h3-14H,1-2H3. The SMILES string of the molecule is CN(C)c1cccc([As]2c3ccccc3Oc3ccccc32)c1. The van der Waals surface area contributed by atoms with E-state index in [0.29, 0.717) is 0 Å². The van der Waals surface area contributed by atoms with Crippen molar-refractivity contribution in [3.05, 3.63) is 72.8 Å². The molecule has 1 heterocycles. The Morgan fingerprint density at radius 3 is 1.96 bits per heavy atom. The van der Waals surface area contributed by atoms with Gasteiger partial charge >= 0.3 is 141 Å². The molecule has 0 saturated carbocycles. The van der Waals surface area contributed by atoms with Gasteiger partial charge in [0.1, 0.15) is 0 Å². The molecule has 0 saturated heterocycles. The van der Waals surface area contributed by atoms with E-state index in [-0.39, 0.29) is 0 Å². The Kier molecular flexibility index (Phi) is 3.63. The third-order valence-electron chi connectivity index (χ3n) is 4.04. The van der Waals surface area contributed by atoms with Gasteiger partial charge in [-0.05, 0) is 0 Å². The average Bonchev–Trinajstić information content (AvgIpc) is 2.59. The number of fused-ring (bicyclic) bond motifs is 2. The Bertz CT molecular complexity index is 814. The molecule has 0 unspecified atom stereocenters. The number of nitrogens with zero attached hydrogens (tertiary/aromatic N) is 1. The number of anilines is 1. The van der Waals surface area contributed by atoms with E-state index in [9.17, 15) is 0 Å². The van der Waals surface area contributed by atoms with E-state index in [1.165, 1.54) is 18.7 Å². The second kappa shape index (κ2) is 5.79. The Morgan fingerprint density at radius 2 is 1.35 bits per heavy atom. The molecule has 23 heavy (non-hydrogen) atoms. The molecule has 114 valence electrons. The van der Waals surface area contributed by atoms with Gasteiger partial charge in [-0.2, -0.15) is 0 Å². The molecule has 0 atom stereocenters. The number of benzene rings is 3. The van der Waals surface area contributed by atoms with Gasteiger partial charge in [-0.3, -0.25) is 0 Å². The third-order valence-corrected chi connectivity index (χ3v) is 9.28. The molecular weight excluding hydrogens is 345 g/mol. The summed E-state index contributed by atoms with van der Waals surface area (Å²) in [6.07, 6.45) is 0. The van der Waals surface area contributed by atoms with Gasteiger partial charge in [-0.1, -0.05) is 0 Å². The molecule has 4 rings (SSSR count). The summed E-state index contributed by atoms with van der Waals surface area (Å²) in [6, 6.07) is 25.9. The summed E-state index contributed by atoms with van der Waals surface area (Å²) in [5.74, 6) is 2.03. The van der Waals surface area contributed by atoms with Crippen molar-refractivity contribution in [1.29, 1.82) is 0 Å². The topological polar surface area (TPSA) is 12.5 Å². The molecule has 0 aromatic heterocycles. The van der Waals surface area contributed by atoms with Crippen LogP contribution in [0.4, 0.5) is 5.69 Å².